The van der Waals surface area contributed by atoms with E-state index in [0.717, 1.165) is 4.90 Å². The number of Topliss-reactive ketones (excluding diaryl/α,β-unsaturated/α-hetero) is 2. The number of nitrogens with two attached hydrogens (primary N) is 3. The molecule has 2 aromatic carbocycles. The highest BCUT2D eigenvalue weighted by molar-refractivity contribution is 6.53. The first-order valence-electron chi connectivity index (χ1n) is 17.9. The second-order valence-electron chi connectivity index (χ2n) is 13.4. The number of carbonyl (C=O) groups is 11. The van der Waals surface area contributed by atoms with E-state index in [4.69, 9.17) is 17.2 Å². The van der Waals surface area contributed by atoms with E-state index < -0.39 is 102 Å². The molecule has 2 aromatic rings. The van der Waals surface area contributed by atoms with Crippen LogP contribution in [0.2, 0.25) is 0 Å². The minimum absolute atomic E-state index is 0.0209. The highest BCUT2D eigenvalue weighted by atomic mass is 16.4. The monoisotopic (exact) mass is 790 g/mol. The van der Waals surface area contributed by atoms with Gasteiger partial charge in [-0.05, 0) is 61.4 Å². The Morgan fingerprint density at radius 2 is 1.23 bits per heavy atom. The summed E-state index contributed by atoms with van der Waals surface area (Å²) in [5.74, 6) is -9.66. The van der Waals surface area contributed by atoms with Gasteiger partial charge in [-0.2, -0.15) is 0 Å². The van der Waals surface area contributed by atoms with Gasteiger partial charge in [0.05, 0.1) is 6.54 Å². The third kappa shape index (κ3) is 11.0. The molecule has 0 unspecified atom stereocenters. The lowest BCUT2D eigenvalue weighted by Gasteiger charge is -2.27. The quantitative estimate of drug-likeness (QED) is 0.0703. The predicted octanol–water partition coefficient (Wildman–Crippen LogP) is -2.21. The second kappa shape index (κ2) is 19.0. The van der Waals surface area contributed by atoms with Gasteiger partial charge in [0.1, 0.15) is 24.2 Å². The Morgan fingerprint density at radius 1 is 0.684 bits per heavy atom. The zero-order valence-electron chi connectivity index (χ0n) is 30.5. The molecule has 0 spiro atoms. The third-order valence-corrected chi connectivity index (χ3v) is 9.36. The van der Waals surface area contributed by atoms with Crippen LogP contribution in [0.25, 0.3) is 11.1 Å². The van der Waals surface area contributed by atoms with Crippen molar-refractivity contribution in [2.75, 3.05) is 13.1 Å². The summed E-state index contributed by atoms with van der Waals surface area (Å²) in [4.78, 5) is 139. The predicted molar refractivity (Wildman–Crippen MR) is 196 cm³/mol. The van der Waals surface area contributed by atoms with Crippen LogP contribution in [-0.4, -0.2) is 112 Å². The molecule has 0 radical (unpaired) electrons. The van der Waals surface area contributed by atoms with Crippen LogP contribution in [0.4, 0.5) is 0 Å². The first-order chi connectivity index (χ1) is 27.0. The van der Waals surface area contributed by atoms with Gasteiger partial charge in [0.25, 0.3) is 5.91 Å². The van der Waals surface area contributed by atoms with Crippen LogP contribution in [0.5, 0.6) is 0 Å². The lowest BCUT2D eigenvalue weighted by Crippen LogP contribution is -2.56. The number of carboxylic acid groups (broad SMARTS) is 1. The summed E-state index contributed by atoms with van der Waals surface area (Å²) in [5.41, 5.74) is 16.7. The maximum Gasteiger partial charge on any atom is 0.326 e. The summed E-state index contributed by atoms with van der Waals surface area (Å²) in [6, 6.07) is 4.75. The van der Waals surface area contributed by atoms with E-state index in [9.17, 15) is 57.8 Å². The molecular formula is C37H42N8O12. The fraction of sp³-hybridized carbons (Fsp3) is 0.378. The van der Waals surface area contributed by atoms with E-state index in [2.05, 4.69) is 21.3 Å². The van der Waals surface area contributed by atoms with Crippen LogP contribution in [0.1, 0.15) is 82.4 Å². The maximum absolute atomic E-state index is 13.6. The van der Waals surface area contributed by atoms with Gasteiger partial charge >= 0.3 is 5.97 Å². The number of aliphatic carboxylic acids is 1. The molecule has 1 saturated heterocycles. The fourth-order valence-electron chi connectivity index (χ4n) is 6.46. The lowest BCUT2D eigenvalue weighted by molar-refractivity contribution is -0.149. The molecule has 20 nitrogen and oxygen atoms in total. The standard InChI is InChI=1S/C37H42N8O12/c38-27(46)12-9-23(34(53)41-17-30(49)42-25(11-14-29(40)48)36(55)45-15-3-6-26(45)37(56)57)44-35(54)24(10-13-28(39)47)43-33(52)18-7-8-21-22(16-18)19-4-1-2-5-20(19)31(50)32(21)51/h1-2,4-5,7-8,16,23-26H,3,6,9-15,17H2,(H2,38,46)(H2,39,47)(H2,40,48)(H,41,53)(H,42,49)(H,43,52)(H,44,54)(H,56,57)/t23-,24-,25-,26-/m0/s1. The largest absolute Gasteiger partial charge is 0.480 e. The summed E-state index contributed by atoms with van der Waals surface area (Å²) in [5, 5.41) is 19.0. The smallest absolute Gasteiger partial charge is 0.326 e. The van der Waals surface area contributed by atoms with Crippen molar-refractivity contribution < 1.29 is 57.8 Å². The molecule has 1 aliphatic carbocycles. The van der Waals surface area contributed by atoms with Gasteiger partial charge in [-0.15, -0.1) is 0 Å². The Kier molecular flexibility index (Phi) is 14.3. The van der Waals surface area contributed by atoms with E-state index in [-0.39, 0.29) is 61.8 Å². The van der Waals surface area contributed by atoms with Gasteiger partial charge in [0.2, 0.25) is 52.9 Å². The Hall–Kier alpha value is -6.99. The summed E-state index contributed by atoms with van der Waals surface area (Å²) < 4.78 is 0. The number of primary amides is 3. The molecule has 8 amide bonds. The van der Waals surface area contributed by atoms with Gasteiger partial charge in [0, 0.05) is 42.5 Å². The van der Waals surface area contributed by atoms with E-state index in [1.165, 1.54) is 24.3 Å². The first kappa shape index (κ1) is 42.7. The highest BCUT2D eigenvalue weighted by Crippen LogP contribution is 2.34. The number of amides is 8. The van der Waals surface area contributed by atoms with Crippen molar-refractivity contribution in [1.29, 1.82) is 0 Å². The zero-order chi connectivity index (χ0) is 42.0. The Morgan fingerprint density at radius 3 is 1.81 bits per heavy atom. The molecule has 0 bridgehead atoms. The molecule has 0 aromatic heterocycles. The van der Waals surface area contributed by atoms with E-state index >= 15 is 0 Å². The molecule has 4 rings (SSSR count). The lowest BCUT2D eigenvalue weighted by atomic mass is 9.83. The number of likely N-dealkylation sites (tertiary alicyclic amines) is 1. The molecule has 11 N–H and O–H groups in total. The number of ketones is 2. The number of rotatable bonds is 19. The first-order valence-corrected chi connectivity index (χ1v) is 17.9. The second-order valence-corrected chi connectivity index (χ2v) is 13.4. The van der Waals surface area contributed by atoms with Crippen molar-refractivity contribution in [1.82, 2.24) is 26.2 Å². The molecule has 1 aliphatic heterocycles. The van der Waals surface area contributed by atoms with Crippen LogP contribution in [0, 0.1) is 0 Å². The van der Waals surface area contributed by atoms with Crippen LogP contribution in [-0.2, 0) is 38.4 Å². The minimum atomic E-state index is -1.53. The topological polar surface area (TPSA) is 337 Å². The number of nitrogens with one attached hydrogen (secondary N) is 4. The molecule has 2 aliphatic rings. The van der Waals surface area contributed by atoms with E-state index in [0.29, 0.717) is 17.5 Å². The van der Waals surface area contributed by atoms with Gasteiger partial charge in [0.15, 0.2) is 0 Å². The average Bonchev–Trinajstić information content (AvgIpc) is 3.67. The fourth-order valence-corrected chi connectivity index (χ4v) is 6.46. The molecule has 4 atom stereocenters. The number of hydrogen-bond acceptors (Lipinski definition) is 11. The van der Waals surface area contributed by atoms with Crippen LogP contribution in [0.15, 0.2) is 42.5 Å². The summed E-state index contributed by atoms with van der Waals surface area (Å²) in [6.07, 6.45) is -1.50. The Balaban J connectivity index is 1.47. The number of nitrogens with zero attached hydrogens (tertiary/aromatic N) is 1. The number of fused-ring (bicyclic) bond motifs is 3. The van der Waals surface area contributed by atoms with Gasteiger partial charge in [-0.25, -0.2) is 4.79 Å². The molecule has 57 heavy (non-hydrogen) atoms. The number of carbonyl (C=O) groups excluding carboxylic acids is 10. The third-order valence-electron chi connectivity index (χ3n) is 9.36. The molecule has 1 fully saturated rings. The van der Waals surface area contributed by atoms with Crippen molar-refractivity contribution in [3.8, 4) is 11.1 Å². The zero-order valence-corrected chi connectivity index (χ0v) is 30.5. The molecular weight excluding hydrogens is 748 g/mol. The van der Waals surface area contributed by atoms with E-state index in [1.54, 1.807) is 18.2 Å². The Bertz CT molecular complexity index is 2020. The molecule has 302 valence electrons. The molecule has 20 heteroatoms. The summed E-state index contributed by atoms with van der Waals surface area (Å²) in [7, 11) is 0. The van der Waals surface area contributed by atoms with E-state index in [1.807, 2.05) is 0 Å². The van der Waals surface area contributed by atoms with Crippen molar-refractivity contribution in [3.63, 3.8) is 0 Å². The van der Waals surface area contributed by atoms with Crippen LogP contribution < -0.4 is 38.5 Å². The Labute approximate surface area is 324 Å². The van der Waals surface area contributed by atoms with Crippen LogP contribution >= 0.6 is 0 Å². The highest BCUT2D eigenvalue weighted by Gasteiger charge is 2.38. The summed E-state index contributed by atoms with van der Waals surface area (Å²) in [6.45, 7) is -0.676. The SMILES string of the molecule is NC(=O)CC[C@H](NC(=O)c1ccc2c(c1)-c1ccccc1C(=O)C2=O)C(=O)N[C@@H](CCC(N)=O)C(=O)NCC(=O)N[C@@H](CCC(N)=O)C(=O)N1CCC[C@H]1C(=O)O. The average molecular weight is 791 g/mol. The van der Waals surface area contributed by atoms with Gasteiger partial charge in [-0.3, -0.25) is 47.9 Å². The van der Waals surface area contributed by atoms with Crippen molar-refractivity contribution in [2.24, 2.45) is 17.2 Å². The minimum Gasteiger partial charge on any atom is -0.480 e. The molecule has 1 heterocycles. The van der Waals surface area contributed by atoms with Gasteiger partial charge < -0.3 is 48.5 Å². The number of carboxylic acids is 1. The van der Waals surface area contributed by atoms with Crippen molar-refractivity contribution >= 4 is 64.8 Å². The number of benzene rings is 2. The number of hydrogen-bond donors (Lipinski definition) is 8. The van der Waals surface area contributed by atoms with Crippen LogP contribution in [0.3, 0.4) is 0 Å². The summed E-state index contributed by atoms with van der Waals surface area (Å²) >= 11 is 0. The van der Waals surface area contributed by atoms with Crippen molar-refractivity contribution in [3.05, 3.63) is 59.2 Å². The molecule has 0 saturated carbocycles. The van der Waals surface area contributed by atoms with Gasteiger partial charge in [-0.1, -0.05) is 24.3 Å². The normalized spacial score (nSPS) is 15.9. The maximum atomic E-state index is 13.6. The van der Waals surface area contributed by atoms with Crippen molar-refractivity contribution in [2.45, 2.75) is 75.5 Å².